The first-order chi connectivity index (χ1) is 9.49. The maximum absolute atomic E-state index is 5.91. The second kappa shape index (κ2) is 9.37. The molecule has 0 saturated carbocycles. The third-order valence-corrected chi connectivity index (χ3v) is 3.39. The monoisotopic (exact) mass is 342 g/mol. The Morgan fingerprint density at radius 2 is 2.05 bits per heavy atom. The van der Waals surface area contributed by atoms with Crippen molar-refractivity contribution < 1.29 is 4.74 Å². The van der Waals surface area contributed by atoms with Crippen LogP contribution >= 0.6 is 15.9 Å². The Kier molecular flexibility index (Phi) is 8.19. The van der Waals surface area contributed by atoms with E-state index in [1.165, 1.54) is 5.56 Å². The first-order valence-corrected chi connectivity index (χ1v) is 8.05. The lowest BCUT2D eigenvalue weighted by Gasteiger charge is -2.15. The van der Waals surface area contributed by atoms with Crippen LogP contribution < -0.4 is 10.1 Å². The van der Waals surface area contributed by atoms with Crippen molar-refractivity contribution in [2.45, 2.75) is 26.8 Å². The number of nitrogens with one attached hydrogen (secondary N) is 1. The highest BCUT2D eigenvalue weighted by Crippen LogP contribution is 2.23. The van der Waals surface area contributed by atoms with Gasteiger partial charge in [-0.05, 0) is 51.2 Å². The van der Waals surface area contributed by atoms with E-state index in [0.717, 1.165) is 42.9 Å². The zero-order valence-electron chi connectivity index (χ0n) is 13.1. The van der Waals surface area contributed by atoms with Crippen LogP contribution in [0.2, 0.25) is 0 Å². The summed E-state index contributed by atoms with van der Waals surface area (Å²) in [5, 5.41) is 3.47. The summed E-state index contributed by atoms with van der Waals surface area (Å²) in [4.78, 5) is 2.18. The number of ether oxygens (including phenoxy) is 1. The zero-order valence-corrected chi connectivity index (χ0v) is 14.7. The number of rotatable bonds is 9. The second-order valence-electron chi connectivity index (χ2n) is 5.78. The Morgan fingerprint density at radius 1 is 1.30 bits per heavy atom. The molecule has 0 fully saturated rings. The number of halogens is 1. The lowest BCUT2D eigenvalue weighted by molar-refractivity contribution is 0.279. The topological polar surface area (TPSA) is 24.5 Å². The molecule has 0 aliphatic carbocycles. The normalized spacial score (nSPS) is 11.3. The molecule has 0 radical (unpaired) electrons. The third kappa shape index (κ3) is 7.27. The van der Waals surface area contributed by atoms with Gasteiger partial charge in [0.1, 0.15) is 5.75 Å². The fraction of sp³-hybridized carbons (Fsp3) is 0.625. The van der Waals surface area contributed by atoms with Gasteiger partial charge >= 0.3 is 0 Å². The van der Waals surface area contributed by atoms with Gasteiger partial charge in [-0.1, -0.05) is 29.8 Å². The Bertz CT molecular complexity index is 394. The fourth-order valence-electron chi connectivity index (χ4n) is 1.89. The van der Waals surface area contributed by atoms with Crippen molar-refractivity contribution in [1.29, 1.82) is 0 Å². The highest BCUT2D eigenvalue weighted by molar-refractivity contribution is 9.10. The molecule has 1 aromatic rings. The Labute approximate surface area is 131 Å². The average molecular weight is 343 g/mol. The summed E-state index contributed by atoms with van der Waals surface area (Å²) in [6.45, 7) is 8.11. The molecule has 0 saturated heterocycles. The van der Waals surface area contributed by atoms with E-state index in [4.69, 9.17) is 4.74 Å². The molecule has 0 spiro atoms. The van der Waals surface area contributed by atoms with Crippen LogP contribution in [0, 0.1) is 5.92 Å². The first-order valence-electron chi connectivity index (χ1n) is 7.25. The van der Waals surface area contributed by atoms with Crippen molar-refractivity contribution in [3.63, 3.8) is 0 Å². The lowest BCUT2D eigenvalue weighted by Crippen LogP contribution is -2.20. The molecule has 0 aliphatic rings. The Balaban J connectivity index is 2.51. The summed E-state index contributed by atoms with van der Waals surface area (Å²) in [6, 6.07) is 6.22. The minimum Gasteiger partial charge on any atom is -0.493 e. The van der Waals surface area contributed by atoms with Gasteiger partial charge in [0, 0.05) is 23.1 Å². The molecular weight excluding hydrogens is 316 g/mol. The van der Waals surface area contributed by atoms with Crippen molar-refractivity contribution in [3.8, 4) is 5.75 Å². The molecule has 1 N–H and O–H groups in total. The van der Waals surface area contributed by atoms with Crippen LogP contribution in [0.1, 0.15) is 25.8 Å². The van der Waals surface area contributed by atoms with Gasteiger partial charge in [-0.15, -0.1) is 0 Å². The van der Waals surface area contributed by atoms with Gasteiger partial charge < -0.3 is 15.0 Å². The second-order valence-corrected chi connectivity index (χ2v) is 6.70. The predicted octanol–water partition coefficient (Wildman–Crippen LogP) is 3.53. The van der Waals surface area contributed by atoms with Gasteiger partial charge in [0.15, 0.2) is 0 Å². The highest BCUT2D eigenvalue weighted by Gasteiger charge is 2.05. The quantitative estimate of drug-likeness (QED) is 0.695. The van der Waals surface area contributed by atoms with Crippen molar-refractivity contribution in [2.75, 3.05) is 33.8 Å². The predicted molar refractivity (Wildman–Crippen MR) is 89.4 cm³/mol. The van der Waals surface area contributed by atoms with E-state index in [1.807, 2.05) is 12.1 Å². The SMILES string of the molecule is CC(C)CNCc1cc(Br)ccc1OCCCN(C)C. The molecule has 0 atom stereocenters. The molecule has 3 nitrogen and oxygen atoms in total. The van der Waals surface area contributed by atoms with E-state index < -0.39 is 0 Å². The van der Waals surface area contributed by atoms with Crippen molar-refractivity contribution >= 4 is 15.9 Å². The van der Waals surface area contributed by atoms with Gasteiger partial charge in [0.05, 0.1) is 6.61 Å². The summed E-state index contributed by atoms with van der Waals surface area (Å²) < 4.78 is 7.01. The van der Waals surface area contributed by atoms with E-state index in [1.54, 1.807) is 0 Å². The summed E-state index contributed by atoms with van der Waals surface area (Å²) in [5.74, 6) is 1.65. The smallest absolute Gasteiger partial charge is 0.123 e. The molecule has 0 heterocycles. The molecule has 0 aliphatic heterocycles. The molecule has 0 aromatic heterocycles. The van der Waals surface area contributed by atoms with Gasteiger partial charge in [0.2, 0.25) is 0 Å². The maximum atomic E-state index is 5.91. The highest BCUT2D eigenvalue weighted by atomic mass is 79.9. The minimum absolute atomic E-state index is 0.659. The fourth-order valence-corrected chi connectivity index (χ4v) is 2.29. The number of hydrogen-bond acceptors (Lipinski definition) is 3. The van der Waals surface area contributed by atoms with Crippen LogP contribution in [0.3, 0.4) is 0 Å². The molecule has 1 rings (SSSR count). The van der Waals surface area contributed by atoms with E-state index in [9.17, 15) is 0 Å². The number of hydrogen-bond donors (Lipinski definition) is 1. The number of benzene rings is 1. The largest absolute Gasteiger partial charge is 0.493 e. The molecule has 114 valence electrons. The van der Waals surface area contributed by atoms with E-state index in [2.05, 4.69) is 60.2 Å². The molecule has 4 heteroatoms. The van der Waals surface area contributed by atoms with Crippen molar-refractivity contribution in [3.05, 3.63) is 28.2 Å². The van der Waals surface area contributed by atoms with Crippen LogP contribution in [0.25, 0.3) is 0 Å². The number of nitrogens with zero attached hydrogens (tertiary/aromatic N) is 1. The molecule has 0 amide bonds. The maximum Gasteiger partial charge on any atom is 0.123 e. The van der Waals surface area contributed by atoms with Gasteiger partial charge in [-0.3, -0.25) is 0 Å². The third-order valence-electron chi connectivity index (χ3n) is 2.90. The molecule has 20 heavy (non-hydrogen) atoms. The lowest BCUT2D eigenvalue weighted by atomic mass is 10.2. The molecule has 1 aromatic carbocycles. The van der Waals surface area contributed by atoms with Crippen LogP contribution in [0.15, 0.2) is 22.7 Å². The standard InChI is InChI=1S/C16H27BrN2O/c1-13(2)11-18-12-14-10-15(17)6-7-16(14)20-9-5-8-19(3)4/h6-7,10,13,18H,5,8-9,11-12H2,1-4H3. The van der Waals surface area contributed by atoms with Gasteiger partial charge in [-0.2, -0.15) is 0 Å². The van der Waals surface area contributed by atoms with E-state index >= 15 is 0 Å². The van der Waals surface area contributed by atoms with Crippen LogP contribution in [-0.4, -0.2) is 38.7 Å². The van der Waals surface area contributed by atoms with Crippen LogP contribution in [0.5, 0.6) is 5.75 Å². The average Bonchev–Trinajstić information content (AvgIpc) is 2.36. The summed E-state index contributed by atoms with van der Waals surface area (Å²) >= 11 is 3.53. The zero-order chi connectivity index (χ0) is 15.0. The molecular formula is C16H27BrN2O. The Hall–Kier alpha value is -0.580. The minimum atomic E-state index is 0.659. The van der Waals surface area contributed by atoms with E-state index in [-0.39, 0.29) is 0 Å². The van der Waals surface area contributed by atoms with Gasteiger partial charge in [0.25, 0.3) is 0 Å². The van der Waals surface area contributed by atoms with Crippen LogP contribution in [-0.2, 0) is 6.54 Å². The van der Waals surface area contributed by atoms with E-state index in [0.29, 0.717) is 5.92 Å². The van der Waals surface area contributed by atoms with Crippen molar-refractivity contribution in [1.82, 2.24) is 10.2 Å². The summed E-state index contributed by atoms with van der Waals surface area (Å²) in [5.41, 5.74) is 1.21. The summed E-state index contributed by atoms with van der Waals surface area (Å²) in [7, 11) is 4.17. The van der Waals surface area contributed by atoms with Crippen molar-refractivity contribution in [2.24, 2.45) is 5.92 Å². The Morgan fingerprint density at radius 3 is 2.70 bits per heavy atom. The van der Waals surface area contributed by atoms with Crippen LogP contribution in [0.4, 0.5) is 0 Å². The van der Waals surface area contributed by atoms with Gasteiger partial charge in [-0.25, -0.2) is 0 Å². The molecule has 0 bridgehead atoms. The first kappa shape index (κ1) is 17.5. The summed E-state index contributed by atoms with van der Waals surface area (Å²) in [6.07, 6.45) is 1.04. The molecule has 0 unspecified atom stereocenters.